The fraction of sp³-hybridized carbons (Fsp3) is 0.692. The van der Waals surface area contributed by atoms with Gasteiger partial charge in [-0.2, -0.15) is 5.10 Å². The Morgan fingerprint density at radius 2 is 2.29 bits per heavy atom. The Hall–Kier alpha value is -2.12. The van der Waals surface area contributed by atoms with Crippen molar-refractivity contribution in [3.63, 3.8) is 0 Å². The average molecular weight is 292 g/mol. The van der Waals surface area contributed by atoms with Crippen molar-refractivity contribution in [2.45, 2.75) is 25.3 Å². The summed E-state index contributed by atoms with van der Waals surface area (Å²) in [4.78, 5) is 31.4. The van der Waals surface area contributed by atoms with Crippen LogP contribution < -0.4 is 5.32 Å². The Labute approximate surface area is 123 Å². The Balaban J connectivity index is 1.58. The highest BCUT2D eigenvalue weighted by molar-refractivity contribution is 5.84. The molecule has 0 aromatic carbocycles. The van der Waals surface area contributed by atoms with E-state index in [0.717, 1.165) is 25.8 Å². The first-order chi connectivity index (χ1) is 10.2. The van der Waals surface area contributed by atoms with Crippen molar-refractivity contribution in [3.05, 3.63) is 12.7 Å². The van der Waals surface area contributed by atoms with Gasteiger partial charge in [0, 0.05) is 26.2 Å². The lowest BCUT2D eigenvalue weighted by Gasteiger charge is -2.35. The molecule has 0 saturated carbocycles. The summed E-state index contributed by atoms with van der Waals surface area (Å²) in [6, 6.07) is 0.0415. The normalized spacial score (nSPS) is 23.0. The van der Waals surface area contributed by atoms with E-state index in [1.165, 1.54) is 6.33 Å². The lowest BCUT2D eigenvalue weighted by Crippen LogP contribution is -2.52. The van der Waals surface area contributed by atoms with Gasteiger partial charge in [0.15, 0.2) is 0 Å². The van der Waals surface area contributed by atoms with E-state index in [-0.39, 0.29) is 24.5 Å². The summed E-state index contributed by atoms with van der Waals surface area (Å²) in [5.74, 6) is 0.0110. The van der Waals surface area contributed by atoms with Gasteiger partial charge >= 0.3 is 6.03 Å². The number of aromatic nitrogens is 3. The maximum absolute atomic E-state index is 12.4. The summed E-state index contributed by atoms with van der Waals surface area (Å²) < 4.78 is 1.81. The molecule has 0 radical (unpaired) electrons. The minimum atomic E-state index is -0.139. The number of carbonyl (C=O) groups excluding carboxylic acids is 2. The predicted molar refractivity (Wildman–Crippen MR) is 74.5 cm³/mol. The van der Waals surface area contributed by atoms with Gasteiger partial charge in [0.1, 0.15) is 19.2 Å². The minimum absolute atomic E-state index is 0.0110. The van der Waals surface area contributed by atoms with Crippen LogP contribution in [0.25, 0.3) is 0 Å². The molecule has 1 atom stereocenters. The van der Waals surface area contributed by atoms with Crippen molar-refractivity contribution in [1.29, 1.82) is 0 Å². The van der Waals surface area contributed by atoms with Crippen LogP contribution in [0.1, 0.15) is 25.3 Å². The third kappa shape index (κ3) is 3.14. The fourth-order valence-electron chi connectivity index (χ4n) is 2.90. The number of nitrogens with one attached hydrogen (secondary N) is 1. The predicted octanol–water partition coefficient (Wildman–Crippen LogP) is -0.143. The molecule has 2 fully saturated rings. The maximum Gasteiger partial charge on any atom is 0.317 e. The monoisotopic (exact) mass is 292 g/mol. The van der Waals surface area contributed by atoms with E-state index in [1.54, 1.807) is 11.2 Å². The van der Waals surface area contributed by atoms with Crippen molar-refractivity contribution in [2.24, 2.45) is 0 Å². The highest BCUT2D eigenvalue weighted by Crippen LogP contribution is 2.20. The van der Waals surface area contributed by atoms with Crippen LogP contribution in [0.15, 0.2) is 12.7 Å². The SMILES string of the molecule is O=C(CN1CCCNC1=O)N1CCC[C@H](n2cncn2)C1. The van der Waals surface area contributed by atoms with E-state index >= 15 is 0 Å². The molecule has 0 unspecified atom stereocenters. The summed E-state index contributed by atoms with van der Waals surface area (Å²) in [6.45, 7) is 2.90. The van der Waals surface area contributed by atoms with Crippen LogP contribution in [0.4, 0.5) is 4.79 Å². The Morgan fingerprint density at radius 1 is 1.38 bits per heavy atom. The molecule has 3 heterocycles. The van der Waals surface area contributed by atoms with E-state index in [4.69, 9.17) is 0 Å². The fourth-order valence-corrected chi connectivity index (χ4v) is 2.90. The van der Waals surface area contributed by atoms with Crippen LogP contribution in [0, 0.1) is 0 Å². The van der Waals surface area contributed by atoms with Crippen molar-refractivity contribution in [2.75, 3.05) is 32.7 Å². The Morgan fingerprint density at radius 3 is 3.05 bits per heavy atom. The lowest BCUT2D eigenvalue weighted by molar-refractivity contribution is -0.133. The molecule has 8 heteroatoms. The van der Waals surface area contributed by atoms with Gasteiger partial charge in [-0.05, 0) is 19.3 Å². The number of urea groups is 1. The number of carbonyl (C=O) groups is 2. The second-order valence-electron chi connectivity index (χ2n) is 5.52. The highest BCUT2D eigenvalue weighted by atomic mass is 16.2. The van der Waals surface area contributed by atoms with Gasteiger partial charge in [0.25, 0.3) is 0 Å². The molecule has 0 spiro atoms. The first kappa shape index (κ1) is 13.8. The standard InChI is InChI=1S/C13H20N6O2/c20-12(8-18-6-2-4-15-13(18)21)17-5-1-3-11(7-17)19-10-14-9-16-19/h9-11H,1-8H2,(H,15,21)/t11-/m0/s1. The van der Waals surface area contributed by atoms with Gasteiger partial charge in [-0.1, -0.05) is 0 Å². The van der Waals surface area contributed by atoms with Gasteiger partial charge in [0.2, 0.25) is 5.91 Å². The molecular weight excluding hydrogens is 272 g/mol. The third-order valence-electron chi connectivity index (χ3n) is 4.05. The molecular formula is C13H20N6O2. The van der Waals surface area contributed by atoms with Crippen LogP contribution in [0.3, 0.4) is 0 Å². The van der Waals surface area contributed by atoms with Gasteiger partial charge < -0.3 is 15.1 Å². The molecule has 2 aliphatic rings. The molecule has 114 valence electrons. The largest absolute Gasteiger partial charge is 0.339 e. The first-order valence-corrected chi connectivity index (χ1v) is 7.38. The molecule has 1 aromatic rings. The van der Waals surface area contributed by atoms with E-state index in [1.807, 2.05) is 9.58 Å². The third-order valence-corrected chi connectivity index (χ3v) is 4.05. The molecule has 8 nitrogen and oxygen atoms in total. The number of piperidine rings is 1. The summed E-state index contributed by atoms with van der Waals surface area (Å²) in [6.07, 6.45) is 6.04. The molecule has 0 aliphatic carbocycles. The summed E-state index contributed by atoms with van der Waals surface area (Å²) in [7, 11) is 0. The van der Waals surface area contributed by atoms with Crippen molar-refractivity contribution >= 4 is 11.9 Å². The average Bonchev–Trinajstić information content (AvgIpc) is 3.04. The number of amides is 3. The zero-order valence-corrected chi connectivity index (χ0v) is 11.9. The lowest BCUT2D eigenvalue weighted by atomic mass is 10.1. The summed E-state index contributed by atoms with van der Waals surface area (Å²) in [5, 5.41) is 6.92. The van der Waals surface area contributed by atoms with E-state index in [0.29, 0.717) is 19.6 Å². The van der Waals surface area contributed by atoms with Crippen molar-refractivity contribution in [3.8, 4) is 0 Å². The molecule has 1 aromatic heterocycles. The molecule has 0 bridgehead atoms. The number of rotatable bonds is 3. The quantitative estimate of drug-likeness (QED) is 0.840. The maximum atomic E-state index is 12.4. The van der Waals surface area contributed by atoms with E-state index < -0.39 is 0 Å². The smallest absolute Gasteiger partial charge is 0.317 e. The van der Waals surface area contributed by atoms with Crippen LogP contribution in [0.5, 0.6) is 0 Å². The van der Waals surface area contributed by atoms with Crippen LogP contribution in [-0.4, -0.2) is 69.2 Å². The molecule has 2 saturated heterocycles. The molecule has 2 aliphatic heterocycles. The van der Waals surface area contributed by atoms with Gasteiger partial charge in [-0.15, -0.1) is 0 Å². The second-order valence-corrected chi connectivity index (χ2v) is 5.52. The van der Waals surface area contributed by atoms with Gasteiger partial charge in [0.05, 0.1) is 6.04 Å². The molecule has 3 amide bonds. The van der Waals surface area contributed by atoms with Gasteiger partial charge in [-0.25, -0.2) is 14.5 Å². The van der Waals surface area contributed by atoms with Crippen LogP contribution in [-0.2, 0) is 4.79 Å². The summed E-state index contributed by atoms with van der Waals surface area (Å²) in [5.41, 5.74) is 0. The summed E-state index contributed by atoms with van der Waals surface area (Å²) >= 11 is 0. The van der Waals surface area contributed by atoms with Crippen LogP contribution in [0.2, 0.25) is 0 Å². The molecule has 3 rings (SSSR count). The second kappa shape index (κ2) is 6.11. The first-order valence-electron chi connectivity index (χ1n) is 7.38. The van der Waals surface area contributed by atoms with E-state index in [2.05, 4.69) is 15.4 Å². The number of hydrogen-bond acceptors (Lipinski definition) is 4. The zero-order valence-electron chi connectivity index (χ0n) is 11.9. The van der Waals surface area contributed by atoms with Crippen molar-refractivity contribution < 1.29 is 9.59 Å². The minimum Gasteiger partial charge on any atom is -0.339 e. The van der Waals surface area contributed by atoms with E-state index in [9.17, 15) is 9.59 Å². The number of hydrogen-bond donors (Lipinski definition) is 1. The molecule has 1 N–H and O–H groups in total. The Bertz CT molecular complexity index is 503. The Kier molecular flexibility index (Phi) is 4.03. The topological polar surface area (TPSA) is 83.4 Å². The molecule has 21 heavy (non-hydrogen) atoms. The zero-order chi connectivity index (χ0) is 14.7. The van der Waals surface area contributed by atoms with Gasteiger partial charge in [-0.3, -0.25) is 4.79 Å². The number of nitrogens with zero attached hydrogens (tertiary/aromatic N) is 5. The van der Waals surface area contributed by atoms with Crippen molar-refractivity contribution in [1.82, 2.24) is 29.9 Å². The van der Waals surface area contributed by atoms with Crippen LogP contribution >= 0.6 is 0 Å². The number of likely N-dealkylation sites (tertiary alicyclic amines) is 1. The highest BCUT2D eigenvalue weighted by Gasteiger charge is 2.28.